The fourth-order valence-electron chi connectivity index (χ4n) is 5.10. The second kappa shape index (κ2) is 10.5. The van der Waals surface area contributed by atoms with Crippen LogP contribution in [0.2, 0.25) is 0 Å². The Bertz CT molecular complexity index is 1290. The van der Waals surface area contributed by atoms with Gasteiger partial charge in [-0.15, -0.1) is 11.8 Å². The summed E-state index contributed by atoms with van der Waals surface area (Å²) in [7, 11) is 1.95. The molecule has 3 aliphatic heterocycles. The number of thioether (sulfide) groups is 1. The molecule has 0 radical (unpaired) electrons. The van der Waals surface area contributed by atoms with Crippen LogP contribution in [0.1, 0.15) is 24.5 Å². The Kier molecular flexibility index (Phi) is 7.45. The van der Waals surface area contributed by atoms with Gasteiger partial charge in [-0.2, -0.15) is 18.6 Å². The number of carbonyl (C=O) groups excluding carboxylic acids is 1. The van der Waals surface area contributed by atoms with Crippen molar-refractivity contribution in [3.05, 3.63) is 77.9 Å². The molecule has 39 heavy (non-hydrogen) atoms. The fraction of sp³-hybridized carbons (Fsp3) is 0.393. The highest BCUT2D eigenvalue weighted by Gasteiger charge is 2.70. The molecule has 4 aliphatic rings. The number of carbonyl (C=O) groups is 1. The van der Waals surface area contributed by atoms with E-state index in [1.807, 2.05) is 44.3 Å². The van der Waals surface area contributed by atoms with E-state index >= 15 is 0 Å². The smallest absolute Gasteiger partial charge is 0.416 e. The monoisotopic (exact) mass is 561 g/mol. The van der Waals surface area contributed by atoms with E-state index in [0.717, 1.165) is 22.6 Å². The van der Waals surface area contributed by atoms with Crippen LogP contribution in [0.15, 0.2) is 71.7 Å². The molecule has 6 rings (SSSR count). The highest BCUT2D eigenvalue weighted by molar-refractivity contribution is 7.99. The molecule has 11 heteroatoms. The maximum atomic E-state index is 13.1. The molecule has 0 spiro atoms. The van der Waals surface area contributed by atoms with Gasteiger partial charge in [-0.25, -0.2) is 9.69 Å². The van der Waals surface area contributed by atoms with Crippen LogP contribution in [-0.4, -0.2) is 49.1 Å². The molecule has 3 fully saturated rings. The number of esters is 1. The van der Waals surface area contributed by atoms with Crippen molar-refractivity contribution in [3.8, 4) is 5.75 Å². The quantitative estimate of drug-likeness (QED) is 0.319. The predicted octanol–water partition coefficient (Wildman–Crippen LogP) is 5.47. The molecular formula is C28H30F3N3O4S. The molecule has 1 N–H and O–H groups in total. The number of halogens is 3. The van der Waals surface area contributed by atoms with Crippen LogP contribution < -0.4 is 15.2 Å². The largest absolute Gasteiger partial charge is 0.482 e. The lowest BCUT2D eigenvalue weighted by molar-refractivity contribution is -0.341. The zero-order chi connectivity index (χ0) is 27.8. The number of rotatable bonds is 9. The number of alkyl halides is 3. The normalized spacial score (nSPS) is 26.0. The zero-order valence-electron chi connectivity index (χ0n) is 21.8. The molecule has 3 atom stereocenters. The van der Waals surface area contributed by atoms with E-state index in [4.69, 9.17) is 14.2 Å². The van der Waals surface area contributed by atoms with Crippen LogP contribution >= 0.6 is 11.8 Å². The summed E-state index contributed by atoms with van der Waals surface area (Å²) in [5.74, 6) is -0.0223. The van der Waals surface area contributed by atoms with Crippen molar-refractivity contribution >= 4 is 23.4 Å². The van der Waals surface area contributed by atoms with Gasteiger partial charge >= 0.3 is 12.1 Å². The van der Waals surface area contributed by atoms with Gasteiger partial charge in [0.25, 0.3) is 0 Å². The van der Waals surface area contributed by atoms with Crippen LogP contribution in [0.25, 0.3) is 0 Å². The lowest BCUT2D eigenvalue weighted by Crippen LogP contribution is -2.72. The number of allylic oxidation sites excluding steroid dienone is 3. The van der Waals surface area contributed by atoms with Gasteiger partial charge in [0, 0.05) is 10.6 Å². The van der Waals surface area contributed by atoms with Gasteiger partial charge in [-0.1, -0.05) is 24.3 Å². The molecule has 2 bridgehead atoms. The van der Waals surface area contributed by atoms with Gasteiger partial charge in [0.1, 0.15) is 5.75 Å². The van der Waals surface area contributed by atoms with E-state index in [9.17, 15) is 18.0 Å². The summed E-state index contributed by atoms with van der Waals surface area (Å²) in [6.07, 6.45) is 4.12. The van der Waals surface area contributed by atoms with Crippen LogP contribution in [0.3, 0.4) is 0 Å². The Morgan fingerprint density at radius 3 is 2.59 bits per heavy atom. The van der Waals surface area contributed by atoms with Crippen molar-refractivity contribution in [3.63, 3.8) is 0 Å². The maximum absolute atomic E-state index is 13.1. The third-order valence-corrected chi connectivity index (χ3v) is 8.61. The van der Waals surface area contributed by atoms with Crippen LogP contribution in [0, 0.1) is 12.3 Å². The molecule has 1 aliphatic carbocycles. The van der Waals surface area contributed by atoms with Gasteiger partial charge in [-0.05, 0) is 75.3 Å². The number of ether oxygens (including phenoxy) is 3. The van der Waals surface area contributed by atoms with Crippen molar-refractivity contribution < 1.29 is 32.2 Å². The average molecular weight is 562 g/mol. The van der Waals surface area contributed by atoms with Crippen LogP contribution in [0.4, 0.5) is 18.9 Å². The van der Waals surface area contributed by atoms with Gasteiger partial charge in [0.15, 0.2) is 6.61 Å². The minimum absolute atomic E-state index is 0.144. The molecule has 3 unspecified atom stereocenters. The first-order valence-electron chi connectivity index (χ1n) is 12.6. The molecule has 0 aromatic heterocycles. The molecule has 3 heterocycles. The summed E-state index contributed by atoms with van der Waals surface area (Å²) in [6, 6.07) is 10.8. The summed E-state index contributed by atoms with van der Waals surface area (Å²) < 4.78 is 56.1. The minimum Gasteiger partial charge on any atom is -0.482 e. The minimum atomic E-state index is -4.39. The number of hydrogen-bond acceptors (Lipinski definition) is 8. The molecule has 208 valence electrons. The summed E-state index contributed by atoms with van der Waals surface area (Å²) in [6.45, 7) is 3.90. The summed E-state index contributed by atoms with van der Waals surface area (Å²) >= 11 is 1.68. The van der Waals surface area contributed by atoms with E-state index in [0.29, 0.717) is 30.2 Å². The Morgan fingerprint density at radius 2 is 1.97 bits per heavy atom. The van der Waals surface area contributed by atoms with E-state index < -0.39 is 35.3 Å². The van der Waals surface area contributed by atoms with E-state index in [-0.39, 0.29) is 6.61 Å². The maximum Gasteiger partial charge on any atom is 0.416 e. The first kappa shape index (κ1) is 27.6. The molecular weight excluding hydrogens is 531 g/mol. The third-order valence-electron chi connectivity index (χ3n) is 7.18. The standard InChI is InChI=1S/C28H30F3N3O4S/c1-4-36-24(35)17-37-22-12-13-23(19(2)16-22)39-18-26(14-6-5-7-15-26)28-32-34(25(38-28)33(28)3)21-10-8-20(9-11-21)27(29,30)31/h5-14,16,25,32H,4,15,17-18H2,1-3H3. The number of aryl methyl sites for hydroxylation is 1. The van der Waals surface area contributed by atoms with Gasteiger partial charge in [-0.3, -0.25) is 5.01 Å². The Labute approximate surface area is 229 Å². The highest BCUT2D eigenvalue weighted by Crippen LogP contribution is 2.55. The van der Waals surface area contributed by atoms with Crippen molar-refractivity contribution in [2.45, 2.75) is 43.5 Å². The average Bonchev–Trinajstić information content (AvgIpc) is 3.47. The number of anilines is 1. The molecule has 0 saturated carbocycles. The number of nitrogens with one attached hydrogen (secondary N) is 1. The lowest BCUT2D eigenvalue weighted by atomic mass is 9.76. The Balaban J connectivity index is 1.31. The fourth-order valence-corrected chi connectivity index (χ4v) is 6.37. The van der Waals surface area contributed by atoms with E-state index in [2.05, 4.69) is 22.5 Å². The first-order chi connectivity index (χ1) is 18.6. The van der Waals surface area contributed by atoms with Gasteiger partial charge in [0.05, 0.1) is 23.3 Å². The number of nitrogens with zero attached hydrogens (tertiary/aromatic N) is 2. The molecule has 7 nitrogen and oxygen atoms in total. The Morgan fingerprint density at radius 1 is 1.21 bits per heavy atom. The van der Waals surface area contributed by atoms with Crippen molar-refractivity contribution in [2.24, 2.45) is 5.41 Å². The molecule has 2 aromatic carbocycles. The molecule has 2 aromatic rings. The predicted molar refractivity (Wildman–Crippen MR) is 142 cm³/mol. The van der Waals surface area contributed by atoms with E-state index in [1.165, 1.54) is 12.1 Å². The number of hydrazine groups is 1. The topological polar surface area (TPSA) is 63.3 Å². The third kappa shape index (κ3) is 5.04. The highest BCUT2D eigenvalue weighted by atomic mass is 32.2. The first-order valence-corrected chi connectivity index (χ1v) is 13.6. The van der Waals surface area contributed by atoms with E-state index in [1.54, 1.807) is 23.7 Å². The zero-order valence-corrected chi connectivity index (χ0v) is 22.6. The second-order valence-corrected chi connectivity index (χ2v) is 10.7. The number of benzene rings is 2. The molecule has 0 amide bonds. The number of fused-ring (bicyclic) bond motifs is 1. The number of hydrogen-bond donors (Lipinski definition) is 1. The second-order valence-electron chi connectivity index (χ2n) is 9.68. The van der Waals surface area contributed by atoms with Gasteiger partial charge in [0.2, 0.25) is 12.2 Å². The Hall–Kier alpha value is -2.99. The molecule has 3 saturated heterocycles. The summed E-state index contributed by atoms with van der Waals surface area (Å²) in [4.78, 5) is 14.7. The van der Waals surface area contributed by atoms with Crippen molar-refractivity contribution in [2.75, 3.05) is 31.0 Å². The van der Waals surface area contributed by atoms with Gasteiger partial charge < -0.3 is 14.2 Å². The van der Waals surface area contributed by atoms with Crippen molar-refractivity contribution in [1.29, 1.82) is 0 Å². The van der Waals surface area contributed by atoms with Crippen molar-refractivity contribution in [1.82, 2.24) is 10.3 Å². The lowest BCUT2D eigenvalue weighted by Gasteiger charge is -2.55. The van der Waals surface area contributed by atoms with Crippen LogP contribution in [0.5, 0.6) is 5.75 Å². The van der Waals surface area contributed by atoms with Crippen LogP contribution in [-0.2, 0) is 20.4 Å². The summed E-state index contributed by atoms with van der Waals surface area (Å²) in [5, 5.41) is 1.78. The SMILES string of the molecule is CCOC(=O)COc1ccc(SCC2(C34NN(c5ccc(C(F)(F)F)cc5)C(O3)N4C)C=CC=CC2)c(C)c1. The summed E-state index contributed by atoms with van der Waals surface area (Å²) in [5.41, 5.74) is 3.91.